The van der Waals surface area contributed by atoms with Crippen molar-refractivity contribution in [3.8, 4) is 0 Å². The Morgan fingerprint density at radius 2 is 1.24 bits per heavy atom. The van der Waals surface area contributed by atoms with Crippen molar-refractivity contribution in [2.24, 2.45) is 0 Å². The summed E-state index contributed by atoms with van der Waals surface area (Å²) in [5, 5.41) is 32.5. The van der Waals surface area contributed by atoms with Gasteiger partial charge in [-0.3, -0.25) is 30.3 Å². The number of nitro groups is 3. The number of hydrogen-bond acceptors (Lipinski definition) is 8. The Labute approximate surface area is 139 Å². The summed E-state index contributed by atoms with van der Waals surface area (Å²) in [6.07, 6.45) is 0. The fourth-order valence-electron chi connectivity index (χ4n) is 1.98. The maximum Gasteiger partial charge on any atom is 0.281 e. The molecule has 0 amide bonds. The number of rotatable bonds is 8. The second-order valence-corrected chi connectivity index (χ2v) is 4.74. The Kier molecular flexibility index (Phi) is 5.66. The molecule has 130 valence electrons. The van der Waals surface area contributed by atoms with Gasteiger partial charge in [-0.15, -0.1) is 0 Å². The highest BCUT2D eigenvalue weighted by Crippen LogP contribution is 2.28. The van der Waals surface area contributed by atoms with Crippen LogP contribution in [0.15, 0.2) is 42.5 Å². The normalized spacial score (nSPS) is 10.4. The second kappa shape index (κ2) is 7.90. The third-order valence-electron chi connectivity index (χ3n) is 3.18. The summed E-state index contributed by atoms with van der Waals surface area (Å²) in [5.41, 5.74) is -0.648. The fourth-order valence-corrected chi connectivity index (χ4v) is 1.98. The molecular weight excluding hydrogens is 338 g/mol. The standard InChI is InChI=1S/C14H11N3O8/c18-15(19)11-6-4-10(5-7-11)8-24-25-9-12-13(16(20)21)2-1-3-14(12)17(22)23/h1-7H,8-9H2. The highest BCUT2D eigenvalue weighted by Gasteiger charge is 2.24. The summed E-state index contributed by atoms with van der Waals surface area (Å²) in [7, 11) is 0. The molecule has 0 atom stereocenters. The van der Waals surface area contributed by atoms with Crippen molar-refractivity contribution in [1.82, 2.24) is 0 Å². The summed E-state index contributed by atoms with van der Waals surface area (Å²) in [5.74, 6) is 0. The van der Waals surface area contributed by atoms with E-state index >= 15 is 0 Å². The quantitative estimate of drug-likeness (QED) is 0.305. The van der Waals surface area contributed by atoms with E-state index in [2.05, 4.69) is 0 Å². The lowest BCUT2D eigenvalue weighted by molar-refractivity contribution is -0.398. The molecule has 0 bridgehead atoms. The van der Waals surface area contributed by atoms with Crippen molar-refractivity contribution in [2.75, 3.05) is 0 Å². The molecule has 11 heteroatoms. The third-order valence-corrected chi connectivity index (χ3v) is 3.18. The van der Waals surface area contributed by atoms with E-state index in [0.717, 1.165) is 12.1 Å². The first kappa shape index (κ1) is 17.9. The highest BCUT2D eigenvalue weighted by molar-refractivity contribution is 5.53. The molecule has 0 unspecified atom stereocenters. The molecule has 0 fully saturated rings. The maximum atomic E-state index is 11.0. The first-order chi connectivity index (χ1) is 11.9. The molecule has 0 heterocycles. The lowest BCUT2D eigenvalue weighted by Gasteiger charge is -2.06. The SMILES string of the molecule is O=[N+]([O-])c1ccc(COOCc2c([N+](=O)[O-])cccc2[N+](=O)[O-])cc1. The lowest BCUT2D eigenvalue weighted by atomic mass is 10.1. The molecule has 0 radical (unpaired) electrons. The Bertz CT molecular complexity index is 774. The van der Waals surface area contributed by atoms with Gasteiger partial charge in [0.2, 0.25) is 0 Å². The summed E-state index contributed by atoms with van der Waals surface area (Å²) < 4.78 is 0. The van der Waals surface area contributed by atoms with E-state index in [1.807, 2.05) is 0 Å². The molecule has 2 aromatic rings. The predicted octanol–water partition coefficient (Wildman–Crippen LogP) is 3.06. The monoisotopic (exact) mass is 349 g/mol. The van der Waals surface area contributed by atoms with Crippen molar-refractivity contribution >= 4 is 17.1 Å². The van der Waals surface area contributed by atoms with Crippen LogP contribution < -0.4 is 0 Å². The molecule has 0 saturated heterocycles. The smallest absolute Gasteiger partial charge is 0.258 e. The largest absolute Gasteiger partial charge is 0.281 e. The van der Waals surface area contributed by atoms with Crippen LogP contribution in [0.1, 0.15) is 11.1 Å². The van der Waals surface area contributed by atoms with Gasteiger partial charge in [-0.1, -0.05) is 0 Å². The minimum absolute atomic E-state index is 0.0831. The number of nitro benzene ring substituents is 3. The molecule has 0 aliphatic carbocycles. The van der Waals surface area contributed by atoms with Crippen LogP contribution in [0.5, 0.6) is 0 Å². The van der Waals surface area contributed by atoms with Gasteiger partial charge in [0.15, 0.2) is 0 Å². The van der Waals surface area contributed by atoms with Crippen molar-refractivity contribution in [3.63, 3.8) is 0 Å². The topological polar surface area (TPSA) is 148 Å². The molecule has 11 nitrogen and oxygen atoms in total. The fraction of sp³-hybridized carbons (Fsp3) is 0.143. The van der Waals surface area contributed by atoms with Crippen LogP contribution in [0.2, 0.25) is 0 Å². The second-order valence-electron chi connectivity index (χ2n) is 4.74. The van der Waals surface area contributed by atoms with Crippen LogP contribution >= 0.6 is 0 Å². The number of nitrogens with zero attached hydrogens (tertiary/aromatic N) is 3. The van der Waals surface area contributed by atoms with E-state index < -0.39 is 32.8 Å². The summed E-state index contributed by atoms with van der Waals surface area (Å²) in [6.45, 7) is -0.590. The molecule has 0 aliphatic heterocycles. The van der Waals surface area contributed by atoms with Gasteiger partial charge in [0.1, 0.15) is 18.8 Å². The van der Waals surface area contributed by atoms with Crippen LogP contribution in [-0.2, 0) is 23.0 Å². The number of hydrogen-bond donors (Lipinski definition) is 0. The Morgan fingerprint density at radius 1 is 0.720 bits per heavy atom. The number of non-ortho nitro benzene ring substituents is 1. The zero-order valence-corrected chi connectivity index (χ0v) is 12.6. The first-order valence-corrected chi connectivity index (χ1v) is 6.78. The highest BCUT2D eigenvalue weighted by atomic mass is 17.2. The van der Waals surface area contributed by atoms with E-state index in [1.165, 1.54) is 30.3 Å². The van der Waals surface area contributed by atoms with Crippen LogP contribution in [-0.4, -0.2) is 14.8 Å². The van der Waals surface area contributed by atoms with Gasteiger partial charge in [0.25, 0.3) is 17.1 Å². The summed E-state index contributed by atoms with van der Waals surface area (Å²) in [4.78, 5) is 40.2. The van der Waals surface area contributed by atoms with Gasteiger partial charge in [0.05, 0.1) is 14.8 Å². The molecular formula is C14H11N3O8. The molecule has 25 heavy (non-hydrogen) atoms. The van der Waals surface area contributed by atoms with E-state index in [0.29, 0.717) is 5.56 Å². The molecule has 0 spiro atoms. The minimum Gasteiger partial charge on any atom is -0.258 e. The van der Waals surface area contributed by atoms with E-state index in [4.69, 9.17) is 9.78 Å². The van der Waals surface area contributed by atoms with Crippen LogP contribution in [0.3, 0.4) is 0 Å². The molecule has 2 rings (SSSR count). The van der Waals surface area contributed by atoms with Gasteiger partial charge in [-0.25, -0.2) is 9.78 Å². The molecule has 0 saturated carbocycles. The average Bonchev–Trinajstić information content (AvgIpc) is 2.58. The van der Waals surface area contributed by atoms with Crippen molar-refractivity contribution in [2.45, 2.75) is 13.2 Å². The molecule has 0 N–H and O–H groups in total. The van der Waals surface area contributed by atoms with Crippen LogP contribution in [0, 0.1) is 30.3 Å². The van der Waals surface area contributed by atoms with Gasteiger partial charge < -0.3 is 0 Å². The summed E-state index contributed by atoms with van der Waals surface area (Å²) in [6, 6.07) is 8.93. The maximum absolute atomic E-state index is 11.0. The van der Waals surface area contributed by atoms with Crippen molar-refractivity contribution in [1.29, 1.82) is 0 Å². The van der Waals surface area contributed by atoms with E-state index in [9.17, 15) is 30.3 Å². The predicted molar refractivity (Wildman–Crippen MR) is 82.4 cm³/mol. The first-order valence-electron chi connectivity index (χ1n) is 6.78. The zero-order chi connectivity index (χ0) is 18.4. The summed E-state index contributed by atoms with van der Waals surface area (Å²) >= 11 is 0. The molecule has 2 aromatic carbocycles. The average molecular weight is 349 g/mol. The lowest BCUT2D eigenvalue weighted by Crippen LogP contribution is -2.04. The number of benzene rings is 2. The van der Waals surface area contributed by atoms with E-state index in [1.54, 1.807) is 0 Å². The van der Waals surface area contributed by atoms with Gasteiger partial charge in [0, 0.05) is 24.3 Å². The van der Waals surface area contributed by atoms with Gasteiger partial charge in [-0.05, 0) is 23.8 Å². The van der Waals surface area contributed by atoms with Gasteiger partial charge >= 0.3 is 0 Å². The van der Waals surface area contributed by atoms with Crippen molar-refractivity contribution in [3.05, 3.63) is 83.9 Å². The van der Waals surface area contributed by atoms with E-state index in [-0.39, 0.29) is 17.9 Å². The Balaban J connectivity index is 2.00. The van der Waals surface area contributed by atoms with Crippen LogP contribution in [0.25, 0.3) is 0 Å². The molecule has 0 aromatic heterocycles. The van der Waals surface area contributed by atoms with Gasteiger partial charge in [-0.2, -0.15) is 0 Å². The zero-order valence-electron chi connectivity index (χ0n) is 12.6. The van der Waals surface area contributed by atoms with Crippen LogP contribution in [0.4, 0.5) is 17.1 Å². The minimum atomic E-state index is -0.748. The Morgan fingerprint density at radius 3 is 1.72 bits per heavy atom. The molecule has 0 aliphatic rings. The third kappa shape index (κ3) is 4.53. The van der Waals surface area contributed by atoms with Crippen molar-refractivity contribution < 1.29 is 24.5 Å². The Hall–Kier alpha value is -3.44.